The minimum absolute atomic E-state index is 0.0687. The fraction of sp³-hybridized carbons (Fsp3) is 0.345. The quantitative estimate of drug-likeness (QED) is 0.335. The van der Waals surface area contributed by atoms with Crippen molar-refractivity contribution in [3.05, 3.63) is 88.4 Å². The number of methoxy groups -OCH3 is 1. The summed E-state index contributed by atoms with van der Waals surface area (Å²) in [6.07, 6.45) is -0.905. The van der Waals surface area contributed by atoms with Gasteiger partial charge in [0.05, 0.1) is 7.11 Å². The molecule has 0 fully saturated rings. The molecule has 0 bridgehead atoms. The highest BCUT2D eigenvalue weighted by Gasteiger charge is 2.26. The summed E-state index contributed by atoms with van der Waals surface area (Å²) in [5.74, 6) is 1.48. The van der Waals surface area contributed by atoms with Crippen LogP contribution in [0.25, 0.3) is 0 Å². The van der Waals surface area contributed by atoms with Gasteiger partial charge in [0, 0.05) is 10.6 Å². The molecule has 0 saturated carbocycles. The highest BCUT2D eigenvalue weighted by molar-refractivity contribution is 6.30. The van der Waals surface area contributed by atoms with Gasteiger partial charge in [-0.15, -0.1) is 0 Å². The molecule has 1 atom stereocenters. The Bertz CT molecular complexity index is 1090. The van der Waals surface area contributed by atoms with Gasteiger partial charge >= 0.3 is 5.97 Å². The van der Waals surface area contributed by atoms with Gasteiger partial charge in [0.15, 0.2) is 0 Å². The number of carbonyl (C=O) groups excluding carboxylic acids is 1. The van der Waals surface area contributed by atoms with Crippen LogP contribution in [0.1, 0.15) is 64.3 Å². The molecule has 0 aliphatic rings. The molecule has 5 heteroatoms. The van der Waals surface area contributed by atoms with Gasteiger partial charge < -0.3 is 14.2 Å². The van der Waals surface area contributed by atoms with Gasteiger partial charge in [-0.05, 0) is 70.5 Å². The Labute approximate surface area is 207 Å². The van der Waals surface area contributed by atoms with E-state index in [9.17, 15) is 4.79 Å². The SMILES string of the molecule is COC(=O)C(Oc1cc(C(C)(C)C)cc(C(C)(C)C)c1)c1ccc(Oc2ccc(Cl)cc2)cc1. The first-order chi connectivity index (χ1) is 15.9. The largest absolute Gasteiger partial charge is 0.474 e. The van der Waals surface area contributed by atoms with E-state index in [0.29, 0.717) is 27.8 Å². The Morgan fingerprint density at radius 1 is 0.735 bits per heavy atom. The maximum absolute atomic E-state index is 12.7. The van der Waals surface area contributed by atoms with E-state index in [0.717, 1.165) is 11.1 Å². The smallest absolute Gasteiger partial charge is 0.351 e. The van der Waals surface area contributed by atoms with Crippen LogP contribution >= 0.6 is 11.6 Å². The van der Waals surface area contributed by atoms with Gasteiger partial charge in [0.1, 0.15) is 17.2 Å². The third kappa shape index (κ3) is 6.54. The lowest BCUT2D eigenvalue weighted by Crippen LogP contribution is -2.21. The predicted octanol–water partition coefficient (Wildman–Crippen LogP) is 8.02. The van der Waals surface area contributed by atoms with Crippen LogP contribution in [-0.4, -0.2) is 13.1 Å². The predicted molar refractivity (Wildman–Crippen MR) is 137 cm³/mol. The lowest BCUT2D eigenvalue weighted by Gasteiger charge is -2.27. The fourth-order valence-corrected chi connectivity index (χ4v) is 3.50. The molecular weight excluding hydrogens is 448 g/mol. The number of benzene rings is 3. The van der Waals surface area contributed by atoms with Crippen LogP contribution in [0, 0.1) is 0 Å². The Hall–Kier alpha value is -2.98. The van der Waals surface area contributed by atoms with Crippen LogP contribution < -0.4 is 9.47 Å². The standard InChI is InChI=1S/C29H33ClO4/c1-28(2,3)20-16-21(29(4,5)6)18-25(17-20)34-26(27(31)32-7)19-8-12-23(13-9-19)33-24-14-10-22(30)11-15-24/h8-18,26H,1-7H3. The number of hydrogen-bond acceptors (Lipinski definition) is 4. The van der Waals surface area contributed by atoms with Crippen LogP contribution in [-0.2, 0) is 20.4 Å². The molecule has 0 heterocycles. The molecule has 180 valence electrons. The molecular formula is C29H33ClO4. The molecule has 0 aliphatic heterocycles. The Morgan fingerprint density at radius 3 is 1.65 bits per heavy atom. The van der Waals surface area contributed by atoms with Crippen molar-refractivity contribution >= 4 is 17.6 Å². The molecule has 0 radical (unpaired) electrons. The second kappa shape index (κ2) is 10.1. The maximum Gasteiger partial charge on any atom is 0.351 e. The van der Waals surface area contributed by atoms with Gasteiger partial charge in [0.25, 0.3) is 0 Å². The second-order valence-corrected chi connectivity index (χ2v) is 10.8. The van der Waals surface area contributed by atoms with E-state index < -0.39 is 12.1 Å². The topological polar surface area (TPSA) is 44.8 Å². The second-order valence-electron chi connectivity index (χ2n) is 10.4. The average molecular weight is 481 g/mol. The molecule has 34 heavy (non-hydrogen) atoms. The molecule has 3 rings (SSSR count). The highest BCUT2D eigenvalue weighted by Crippen LogP contribution is 2.35. The van der Waals surface area contributed by atoms with Crippen molar-refractivity contribution in [1.82, 2.24) is 0 Å². The summed E-state index contributed by atoms with van der Waals surface area (Å²) < 4.78 is 17.2. The van der Waals surface area contributed by atoms with E-state index in [2.05, 4.69) is 47.6 Å². The maximum atomic E-state index is 12.7. The molecule has 1 unspecified atom stereocenters. The monoisotopic (exact) mass is 480 g/mol. The van der Waals surface area contributed by atoms with Gasteiger partial charge in [0.2, 0.25) is 6.10 Å². The molecule has 0 saturated heterocycles. The van der Waals surface area contributed by atoms with Crippen molar-refractivity contribution < 1.29 is 19.0 Å². The number of hydrogen-bond donors (Lipinski definition) is 0. The van der Waals surface area contributed by atoms with E-state index in [1.165, 1.54) is 7.11 Å². The molecule has 0 spiro atoms. The Balaban J connectivity index is 1.91. The van der Waals surface area contributed by atoms with E-state index in [1.807, 2.05) is 24.3 Å². The molecule has 4 nitrogen and oxygen atoms in total. The van der Waals surface area contributed by atoms with Crippen molar-refractivity contribution in [3.8, 4) is 17.2 Å². The minimum Gasteiger partial charge on any atom is -0.474 e. The Morgan fingerprint density at radius 2 is 1.21 bits per heavy atom. The molecule has 3 aromatic rings. The van der Waals surface area contributed by atoms with E-state index in [-0.39, 0.29) is 10.8 Å². The van der Waals surface area contributed by atoms with Crippen molar-refractivity contribution in [2.45, 2.75) is 58.5 Å². The van der Waals surface area contributed by atoms with E-state index in [1.54, 1.807) is 36.4 Å². The van der Waals surface area contributed by atoms with Crippen LogP contribution in [0.4, 0.5) is 0 Å². The van der Waals surface area contributed by atoms with Gasteiger partial charge in [-0.2, -0.15) is 0 Å². The van der Waals surface area contributed by atoms with Crippen molar-refractivity contribution in [2.24, 2.45) is 0 Å². The van der Waals surface area contributed by atoms with Gasteiger partial charge in [-0.3, -0.25) is 0 Å². The third-order valence-electron chi connectivity index (χ3n) is 5.54. The summed E-state index contributed by atoms with van der Waals surface area (Å²) in [6.45, 7) is 13.0. The zero-order valence-electron chi connectivity index (χ0n) is 20.9. The third-order valence-corrected chi connectivity index (χ3v) is 5.79. The van der Waals surface area contributed by atoms with Crippen LogP contribution in [0.15, 0.2) is 66.7 Å². The lowest BCUT2D eigenvalue weighted by atomic mass is 9.80. The van der Waals surface area contributed by atoms with Gasteiger partial charge in [-0.25, -0.2) is 4.79 Å². The number of ether oxygens (including phenoxy) is 3. The first-order valence-corrected chi connectivity index (χ1v) is 11.7. The number of halogens is 1. The van der Waals surface area contributed by atoms with Crippen LogP contribution in [0.5, 0.6) is 17.2 Å². The summed E-state index contributed by atoms with van der Waals surface area (Å²) >= 11 is 5.94. The highest BCUT2D eigenvalue weighted by atomic mass is 35.5. The summed E-state index contributed by atoms with van der Waals surface area (Å²) in [6, 6.07) is 20.6. The normalized spacial score (nSPS) is 12.7. The summed E-state index contributed by atoms with van der Waals surface area (Å²) in [7, 11) is 1.36. The molecule has 0 N–H and O–H groups in total. The van der Waals surface area contributed by atoms with Crippen molar-refractivity contribution in [2.75, 3.05) is 7.11 Å². The minimum atomic E-state index is -0.905. The number of rotatable bonds is 6. The van der Waals surface area contributed by atoms with Gasteiger partial charge in [-0.1, -0.05) is 71.3 Å². The van der Waals surface area contributed by atoms with Crippen LogP contribution in [0.3, 0.4) is 0 Å². The zero-order chi connectivity index (χ0) is 25.1. The molecule has 0 amide bonds. The first kappa shape index (κ1) is 25.6. The lowest BCUT2D eigenvalue weighted by molar-refractivity contribution is -0.149. The molecule has 0 aliphatic carbocycles. The summed E-state index contributed by atoms with van der Waals surface area (Å²) in [5, 5.41) is 0.644. The average Bonchev–Trinajstić information content (AvgIpc) is 2.78. The van der Waals surface area contributed by atoms with E-state index >= 15 is 0 Å². The number of esters is 1. The van der Waals surface area contributed by atoms with Crippen molar-refractivity contribution in [1.29, 1.82) is 0 Å². The summed E-state index contributed by atoms with van der Waals surface area (Å²) in [5.41, 5.74) is 2.82. The first-order valence-electron chi connectivity index (χ1n) is 11.3. The number of carbonyl (C=O) groups is 1. The van der Waals surface area contributed by atoms with Crippen molar-refractivity contribution in [3.63, 3.8) is 0 Å². The molecule has 3 aromatic carbocycles. The molecule has 0 aromatic heterocycles. The van der Waals surface area contributed by atoms with E-state index in [4.69, 9.17) is 25.8 Å². The van der Waals surface area contributed by atoms with Crippen LogP contribution in [0.2, 0.25) is 5.02 Å². The zero-order valence-corrected chi connectivity index (χ0v) is 21.7. The fourth-order valence-electron chi connectivity index (χ4n) is 3.38. The summed E-state index contributed by atoms with van der Waals surface area (Å²) in [4.78, 5) is 12.7. The Kier molecular flexibility index (Phi) is 7.62.